The molecule has 3 amide bonds. The number of thiazole rings is 1. The lowest BCUT2D eigenvalue weighted by molar-refractivity contribution is -0.121. The molecule has 30 heavy (non-hydrogen) atoms. The fourth-order valence-electron chi connectivity index (χ4n) is 3.21. The second kappa shape index (κ2) is 9.66. The third kappa shape index (κ3) is 5.32. The summed E-state index contributed by atoms with van der Waals surface area (Å²) < 4.78 is 19.4. The normalized spacial score (nSPS) is 14.3. The Bertz CT molecular complexity index is 941. The molecule has 160 valence electrons. The zero-order chi connectivity index (χ0) is 21.7. The van der Waals surface area contributed by atoms with Gasteiger partial charge < -0.3 is 20.3 Å². The number of carbonyl (C=O) groups excluding carboxylic acids is 3. The summed E-state index contributed by atoms with van der Waals surface area (Å²) in [6.45, 7) is 4.35. The summed E-state index contributed by atoms with van der Waals surface area (Å²) in [5.74, 6) is -1.19. The lowest BCUT2D eigenvalue weighted by Crippen LogP contribution is -2.41. The fraction of sp³-hybridized carbons (Fsp3) is 0.400. The number of nitrogens with zero attached hydrogens (tertiary/aromatic N) is 2. The van der Waals surface area contributed by atoms with Crippen LogP contribution in [0.3, 0.4) is 0 Å². The maximum atomic E-state index is 14.4. The minimum absolute atomic E-state index is 0.166. The summed E-state index contributed by atoms with van der Waals surface area (Å²) in [6.07, 6.45) is 0.733. The van der Waals surface area contributed by atoms with Crippen molar-refractivity contribution >= 4 is 40.1 Å². The SMILES string of the molecule is CCOC(=O)N1CCC(C(=O)Nc2nc(-c3ccc(NC(C)=O)cc3F)cs2)CC1. The number of nitrogens with one attached hydrogen (secondary N) is 2. The van der Waals surface area contributed by atoms with Gasteiger partial charge in [-0.25, -0.2) is 14.2 Å². The predicted octanol–water partition coefficient (Wildman–Crippen LogP) is 3.71. The first-order valence-electron chi connectivity index (χ1n) is 9.63. The van der Waals surface area contributed by atoms with Gasteiger partial charge in [0, 0.05) is 42.6 Å². The molecule has 0 saturated carbocycles. The molecule has 0 spiro atoms. The third-order valence-corrected chi connectivity index (χ3v) is 5.45. The Hall–Kier alpha value is -3.01. The molecular weight excluding hydrogens is 411 g/mol. The van der Waals surface area contributed by atoms with Crippen molar-refractivity contribution in [1.82, 2.24) is 9.88 Å². The Morgan fingerprint density at radius 1 is 1.27 bits per heavy atom. The summed E-state index contributed by atoms with van der Waals surface area (Å²) >= 11 is 1.21. The van der Waals surface area contributed by atoms with Gasteiger partial charge in [-0.15, -0.1) is 11.3 Å². The first-order chi connectivity index (χ1) is 14.4. The highest BCUT2D eigenvalue weighted by atomic mass is 32.1. The molecule has 1 saturated heterocycles. The van der Waals surface area contributed by atoms with E-state index in [0.717, 1.165) is 0 Å². The van der Waals surface area contributed by atoms with Crippen LogP contribution in [0.2, 0.25) is 0 Å². The van der Waals surface area contributed by atoms with Gasteiger partial charge in [-0.05, 0) is 38.0 Å². The second-order valence-corrected chi connectivity index (χ2v) is 7.72. The fourth-order valence-corrected chi connectivity index (χ4v) is 3.92. The van der Waals surface area contributed by atoms with Crippen molar-refractivity contribution in [2.45, 2.75) is 26.7 Å². The highest BCUT2D eigenvalue weighted by Crippen LogP contribution is 2.29. The topological polar surface area (TPSA) is 101 Å². The first kappa shape index (κ1) is 21.7. The number of aromatic nitrogens is 1. The molecule has 1 aliphatic heterocycles. The molecular formula is C20H23FN4O4S. The number of likely N-dealkylation sites (tertiary alicyclic amines) is 1. The van der Waals surface area contributed by atoms with Gasteiger partial charge in [-0.2, -0.15) is 0 Å². The molecule has 0 aliphatic carbocycles. The van der Waals surface area contributed by atoms with E-state index in [-0.39, 0.29) is 29.4 Å². The number of ether oxygens (including phenoxy) is 1. The van der Waals surface area contributed by atoms with Crippen LogP contribution < -0.4 is 10.6 Å². The van der Waals surface area contributed by atoms with Crippen LogP contribution >= 0.6 is 11.3 Å². The summed E-state index contributed by atoms with van der Waals surface area (Å²) in [5, 5.41) is 7.35. The minimum Gasteiger partial charge on any atom is -0.450 e. The second-order valence-electron chi connectivity index (χ2n) is 6.86. The zero-order valence-electron chi connectivity index (χ0n) is 16.7. The molecule has 0 unspecified atom stereocenters. The van der Waals surface area contributed by atoms with Crippen LogP contribution in [0, 0.1) is 11.7 Å². The van der Waals surface area contributed by atoms with E-state index in [2.05, 4.69) is 15.6 Å². The monoisotopic (exact) mass is 434 g/mol. The van der Waals surface area contributed by atoms with Crippen molar-refractivity contribution in [2.24, 2.45) is 5.92 Å². The summed E-state index contributed by atoms with van der Waals surface area (Å²) in [6, 6.07) is 4.35. The predicted molar refractivity (Wildman–Crippen MR) is 112 cm³/mol. The molecule has 3 rings (SSSR count). The molecule has 1 aromatic carbocycles. The average Bonchev–Trinajstić information content (AvgIpc) is 3.16. The van der Waals surface area contributed by atoms with Crippen LogP contribution in [0.4, 0.5) is 20.0 Å². The number of anilines is 2. The lowest BCUT2D eigenvalue weighted by atomic mass is 9.96. The summed E-state index contributed by atoms with van der Waals surface area (Å²) in [4.78, 5) is 41.3. The molecule has 10 heteroatoms. The number of piperidine rings is 1. The van der Waals surface area contributed by atoms with Crippen molar-refractivity contribution < 1.29 is 23.5 Å². The minimum atomic E-state index is -0.518. The number of hydrogen-bond acceptors (Lipinski definition) is 6. The van der Waals surface area contributed by atoms with Gasteiger partial charge in [-0.3, -0.25) is 9.59 Å². The highest BCUT2D eigenvalue weighted by Gasteiger charge is 2.28. The molecule has 1 aromatic heterocycles. The quantitative estimate of drug-likeness (QED) is 0.747. The molecule has 0 bridgehead atoms. The number of carbonyl (C=O) groups is 3. The van der Waals surface area contributed by atoms with Crippen molar-refractivity contribution in [3.8, 4) is 11.3 Å². The standard InChI is InChI=1S/C20H23FN4O4S/c1-3-29-20(28)25-8-6-13(7-9-25)18(27)24-19-23-17(11-30-19)15-5-4-14(10-16(15)21)22-12(2)26/h4-5,10-11,13H,3,6-9H2,1-2H3,(H,22,26)(H,23,24,27). The van der Waals surface area contributed by atoms with Crippen LogP contribution in [0.5, 0.6) is 0 Å². The molecule has 2 heterocycles. The van der Waals surface area contributed by atoms with Crippen LogP contribution in [0.15, 0.2) is 23.6 Å². The van der Waals surface area contributed by atoms with Gasteiger partial charge in [-0.1, -0.05) is 0 Å². The van der Waals surface area contributed by atoms with Crippen molar-refractivity contribution in [3.63, 3.8) is 0 Å². The van der Waals surface area contributed by atoms with E-state index < -0.39 is 5.82 Å². The van der Waals surface area contributed by atoms with Gasteiger partial charge in [0.2, 0.25) is 11.8 Å². The van der Waals surface area contributed by atoms with Gasteiger partial charge in [0.1, 0.15) is 5.82 Å². The maximum Gasteiger partial charge on any atom is 0.409 e. The Morgan fingerprint density at radius 3 is 2.63 bits per heavy atom. The van der Waals surface area contributed by atoms with E-state index in [1.807, 2.05) is 0 Å². The Labute approximate surface area is 177 Å². The van der Waals surface area contributed by atoms with E-state index in [4.69, 9.17) is 4.74 Å². The molecule has 0 atom stereocenters. The van der Waals surface area contributed by atoms with Crippen molar-refractivity contribution in [1.29, 1.82) is 0 Å². The molecule has 1 fully saturated rings. The molecule has 2 aromatic rings. The van der Waals surface area contributed by atoms with E-state index in [0.29, 0.717) is 49.1 Å². The van der Waals surface area contributed by atoms with Gasteiger partial charge >= 0.3 is 6.09 Å². The van der Waals surface area contributed by atoms with E-state index in [9.17, 15) is 18.8 Å². The van der Waals surface area contributed by atoms with Gasteiger partial charge in [0.25, 0.3) is 0 Å². The average molecular weight is 434 g/mol. The van der Waals surface area contributed by atoms with E-state index in [1.165, 1.54) is 30.4 Å². The smallest absolute Gasteiger partial charge is 0.409 e. The van der Waals surface area contributed by atoms with E-state index >= 15 is 0 Å². The van der Waals surface area contributed by atoms with Crippen molar-refractivity contribution in [3.05, 3.63) is 29.4 Å². The first-order valence-corrected chi connectivity index (χ1v) is 10.5. The highest BCUT2D eigenvalue weighted by molar-refractivity contribution is 7.14. The third-order valence-electron chi connectivity index (χ3n) is 4.69. The Balaban J connectivity index is 1.59. The number of benzene rings is 1. The number of hydrogen-bond donors (Lipinski definition) is 2. The maximum absolute atomic E-state index is 14.4. The molecule has 2 N–H and O–H groups in total. The lowest BCUT2D eigenvalue weighted by Gasteiger charge is -2.30. The summed E-state index contributed by atoms with van der Waals surface area (Å²) in [7, 11) is 0. The van der Waals surface area contributed by atoms with E-state index in [1.54, 1.807) is 23.3 Å². The summed E-state index contributed by atoms with van der Waals surface area (Å²) in [5.41, 5.74) is 1.05. The van der Waals surface area contributed by atoms with Gasteiger partial charge in [0.15, 0.2) is 5.13 Å². The Kier molecular flexibility index (Phi) is 6.99. The largest absolute Gasteiger partial charge is 0.450 e. The van der Waals surface area contributed by atoms with Gasteiger partial charge in [0.05, 0.1) is 12.3 Å². The van der Waals surface area contributed by atoms with Crippen LogP contribution in [0.25, 0.3) is 11.3 Å². The van der Waals surface area contributed by atoms with Crippen LogP contribution in [-0.4, -0.2) is 47.5 Å². The van der Waals surface area contributed by atoms with Crippen LogP contribution in [0.1, 0.15) is 26.7 Å². The molecule has 0 radical (unpaired) electrons. The van der Waals surface area contributed by atoms with Crippen LogP contribution in [-0.2, 0) is 14.3 Å². The van der Waals surface area contributed by atoms with Crippen molar-refractivity contribution in [2.75, 3.05) is 30.3 Å². The number of amides is 3. The molecule has 8 nitrogen and oxygen atoms in total. The number of halogens is 1. The number of rotatable bonds is 5. The molecule has 1 aliphatic rings. The zero-order valence-corrected chi connectivity index (χ0v) is 17.6. The Morgan fingerprint density at radius 2 is 2.00 bits per heavy atom.